The molecule has 0 bridgehead atoms. The van der Waals surface area contributed by atoms with Crippen LogP contribution in [0.15, 0.2) is 54.6 Å². The number of rotatable bonds is 8. The molecule has 0 unspecified atom stereocenters. The lowest BCUT2D eigenvalue weighted by Gasteiger charge is -2.11. The van der Waals surface area contributed by atoms with Gasteiger partial charge in [0.2, 0.25) is 0 Å². The lowest BCUT2D eigenvalue weighted by atomic mass is 10.1. The summed E-state index contributed by atoms with van der Waals surface area (Å²) in [6, 6.07) is 12.4. The molecule has 0 atom stereocenters. The van der Waals surface area contributed by atoms with E-state index in [1.54, 1.807) is 46.4 Å². The minimum atomic E-state index is -1.15. The van der Waals surface area contributed by atoms with E-state index in [9.17, 15) is 34.6 Å². The second-order valence-electron chi connectivity index (χ2n) is 8.95. The number of carboxylic acid groups (broad SMARTS) is 1. The summed E-state index contributed by atoms with van der Waals surface area (Å²) in [7, 11) is 10.7. The Morgan fingerprint density at radius 3 is 1.34 bits per heavy atom. The van der Waals surface area contributed by atoms with Crippen LogP contribution in [0.4, 0.5) is 17.1 Å². The lowest BCUT2D eigenvalue weighted by Crippen LogP contribution is -2.21. The van der Waals surface area contributed by atoms with Crippen LogP contribution in [0.5, 0.6) is 17.2 Å². The third kappa shape index (κ3) is 9.86. The first-order valence-electron chi connectivity index (χ1n) is 12.3. The number of methoxy groups -OCH3 is 3. The maximum atomic E-state index is 11.6. The molecule has 0 fully saturated rings. The average Bonchev–Trinajstić information content (AvgIpc) is 3.00. The van der Waals surface area contributed by atoms with Crippen LogP contribution in [0.3, 0.4) is 0 Å². The van der Waals surface area contributed by atoms with Crippen LogP contribution in [0.2, 0.25) is 0 Å². The van der Waals surface area contributed by atoms with Crippen molar-refractivity contribution in [1.82, 2.24) is 9.80 Å². The number of nitrogen functional groups attached to an aromatic ring is 1. The third-order valence-electron chi connectivity index (χ3n) is 5.54. The number of amides is 2. The molecule has 236 valence electrons. The van der Waals surface area contributed by atoms with Crippen LogP contribution in [-0.4, -0.2) is 92.1 Å². The normalized spacial score (nSPS) is 9.61. The number of benzene rings is 3. The minimum Gasteiger partial charge on any atom is -0.495 e. The molecule has 0 saturated heterocycles. The Bertz CT molecular complexity index is 1520. The fourth-order valence-electron chi connectivity index (χ4n) is 3.28. The van der Waals surface area contributed by atoms with E-state index >= 15 is 0 Å². The molecule has 16 heteroatoms. The Labute approximate surface area is 252 Å². The molecule has 0 aliphatic rings. The number of carboxylic acids is 1. The van der Waals surface area contributed by atoms with Gasteiger partial charge in [-0.15, -0.1) is 0 Å². The number of anilines is 1. The predicted octanol–water partition coefficient (Wildman–Crippen LogP) is 3.59. The Morgan fingerprint density at radius 2 is 1.00 bits per heavy atom. The standard InChI is InChI=1S/C10H12N2O4.C10H14N2O2.C8H7NO5/c1-11(2)10(13)7-4-5-8(12(14)15)9(6-7)16-3;1-12(2)10(13)7-4-5-8(11)9(6-7)14-3;1-14-7-4-5(8(10)11)2-3-6(7)9(12)13/h4-6H,1-3H3;4-6H,11H2,1-3H3;2-4H,1H3,(H,10,11). The monoisotopic (exact) mass is 615 g/mol. The molecule has 0 saturated carbocycles. The van der Waals surface area contributed by atoms with E-state index in [0.717, 1.165) is 18.2 Å². The maximum Gasteiger partial charge on any atom is 0.335 e. The number of nitro benzene ring substituents is 2. The molecule has 0 aliphatic heterocycles. The quantitative estimate of drug-likeness (QED) is 0.211. The molecular formula is C28H33N5O11. The van der Waals surface area contributed by atoms with Crippen molar-refractivity contribution in [2.24, 2.45) is 0 Å². The molecule has 3 N–H and O–H groups in total. The van der Waals surface area contributed by atoms with Gasteiger partial charge in [0, 0.05) is 63.6 Å². The molecule has 3 aromatic carbocycles. The number of nitro groups is 2. The number of hydrogen-bond acceptors (Lipinski definition) is 11. The van der Waals surface area contributed by atoms with Crippen molar-refractivity contribution in [3.63, 3.8) is 0 Å². The smallest absolute Gasteiger partial charge is 0.335 e. The Kier molecular flexibility index (Phi) is 13.5. The number of ether oxygens (including phenoxy) is 3. The van der Waals surface area contributed by atoms with Crippen molar-refractivity contribution in [2.45, 2.75) is 0 Å². The molecule has 0 radical (unpaired) electrons. The summed E-state index contributed by atoms with van der Waals surface area (Å²) in [4.78, 5) is 56.4. The van der Waals surface area contributed by atoms with Crippen molar-refractivity contribution in [2.75, 3.05) is 55.3 Å². The van der Waals surface area contributed by atoms with Crippen molar-refractivity contribution >= 4 is 34.8 Å². The molecule has 0 aliphatic carbocycles. The number of carbonyl (C=O) groups is 3. The first-order chi connectivity index (χ1) is 20.6. The first kappa shape index (κ1) is 36.1. The summed E-state index contributed by atoms with van der Waals surface area (Å²) in [5, 5.41) is 29.7. The van der Waals surface area contributed by atoms with Gasteiger partial charge < -0.3 is 34.9 Å². The number of aromatic carboxylic acids is 1. The zero-order valence-electron chi connectivity index (χ0n) is 25.1. The van der Waals surface area contributed by atoms with Crippen LogP contribution in [0.25, 0.3) is 0 Å². The van der Waals surface area contributed by atoms with E-state index in [-0.39, 0.29) is 40.3 Å². The second kappa shape index (κ2) is 16.5. The maximum absolute atomic E-state index is 11.6. The van der Waals surface area contributed by atoms with E-state index in [1.165, 1.54) is 49.3 Å². The fourth-order valence-corrected chi connectivity index (χ4v) is 3.28. The summed E-state index contributed by atoms with van der Waals surface area (Å²) in [6.45, 7) is 0. The van der Waals surface area contributed by atoms with E-state index in [4.69, 9.17) is 25.1 Å². The van der Waals surface area contributed by atoms with Crippen molar-refractivity contribution in [3.05, 3.63) is 91.5 Å². The van der Waals surface area contributed by atoms with Gasteiger partial charge in [0.25, 0.3) is 11.8 Å². The van der Waals surface area contributed by atoms with Gasteiger partial charge in [-0.1, -0.05) is 0 Å². The molecule has 0 aromatic heterocycles. The molecule has 0 spiro atoms. The van der Waals surface area contributed by atoms with Crippen LogP contribution in [0, 0.1) is 20.2 Å². The topological polar surface area (TPSA) is 218 Å². The minimum absolute atomic E-state index is 0.0487. The SMILES string of the molecule is COc1cc(C(=O)N(C)C)ccc1N.COc1cc(C(=O)N(C)C)ccc1[N+](=O)[O-].COc1cc(C(=O)O)ccc1[N+](=O)[O-]. The van der Waals surface area contributed by atoms with Gasteiger partial charge in [-0.05, 0) is 30.3 Å². The summed E-state index contributed by atoms with van der Waals surface area (Å²) < 4.78 is 14.6. The van der Waals surface area contributed by atoms with Crippen LogP contribution in [-0.2, 0) is 0 Å². The summed E-state index contributed by atoms with van der Waals surface area (Å²) in [6.07, 6.45) is 0. The fraction of sp³-hybridized carbons (Fsp3) is 0.250. The van der Waals surface area contributed by atoms with E-state index < -0.39 is 15.8 Å². The predicted molar refractivity (Wildman–Crippen MR) is 160 cm³/mol. The van der Waals surface area contributed by atoms with Gasteiger partial charge >= 0.3 is 17.3 Å². The van der Waals surface area contributed by atoms with Gasteiger partial charge in [-0.25, -0.2) is 4.79 Å². The van der Waals surface area contributed by atoms with E-state index in [0.29, 0.717) is 22.6 Å². The highest BCUT2D eigenvalue weighted by atomic mass is 16.6. The Hall–Kier alpha value is -5.93. The van der Waals surface area contributed by atoms with E-state index in [2.05, 4.69) is 0 Å². The first-order valence-corrected chi connectivity index (χ1v) is 12.3. The zero-order chi connectivity index (χ0) is 33.7. The summed E-state index contributed by atoms with van der Waals surface area (Å²) >= 11 is 0. The van der Waals surface area contributed by atoms with Gasteiger partial charge in [-0.2, -0.15) is 0 Å². The number of nitrogens with two attached hydrogens (primary N) is 1. The van der Waals surface area contributed by atoms with Gasteiger partial charge in [0.05, 0.1) is 42.4 Å². The van der Waals surface area contributed by atoms with Crippen LogP contribution >= 0.6 is 0 Å². The van der Waals surface area contributed by atoms with Crippen molar-refractivity contribution in [3.8, 4) is 17.2 Å². The summed E-state index contributed by atoms with van der Waals surface area (Å²) in [5.74, 6) is -0.903. The van der Waals surface area contributed by atoms with E-state index in [1.807, 2.05) is 0 Å². The van der Waals surface area contributed by atoms with Gasteiger partial charge in [-0.3, -0.25) is 29.8 Å². The third-order valence-corrected chi connectivity index (χ3v) is 5.54. The van der Waals surface area contributed by atoms with Crippen LogP contribution < -0.4 is 19.9 Å². The van der Waals surface area contributed by atoms with Gasteiger partial charge in [0.1, 0.15) is 5.75 Å². The second-order valence-corrected chi connectivity index (χ2v) is 8.95. The van der Waals surface area contributed by atoms with Crippen LogP contribution in [0.1, 0.15) is 31.1 Å². The molecule has 16 nitrogen and oxygen atoms in total. The summed E-state index contributed by atoms with van der Waals surface area (Å²) in [5.41, 5.74) is 6.63. The molecule has 3 rings (SSSR count). The molecule has 44 heavy (non-hydrogen) atoms. The number of hydrogen-bond donors (Lipinski definition) is 2. The van der Waals surface area contributed by atoms with Crippen molar-refractivity contribution < 1.29 is 43.5 Å². The number of carbonyl (C=O) groups excluding carboxylic acids is 2. The molecule has 3 aromatic rings. The zero-order valence-corrected chi connectivity index (χ0v) is 25.1. The molecule has 2 amide bonds. The average molecular weight is 616 g/mol. The Morgan fingerprint density at radius 1 is 0.659 bits per heavy atom. The molecule has 0 heterocycles. The number of nitrogens with zero attached hydrogens (tertiary/aromatic N) is 4. The Balaban J connectivity index is 0.000000331. The van der Waals surface area contributed by atoms with Gasteiger partial charge in [0.15, 0.2) is 11.5 Å². The molecular weight excluding hydrogens is 582 g/mol. The lowest BCUT2D eigenvalue weighted by molar-refractivity contribution is -0.385. The van der Waals surface area contributed by atoms with Crippen molar-refractivity contribution in [1.29, 1.82) is 0 Å². The highest BCUT2D eigenvalue weighted by Crippen LogP contribution is 2.28. The highest BCUT2D eigenvalue weighted by molar-refractivity contribution is 5.95. The largest absolute Gasteiger partial charge is 0.495 e. The highest BCUT2D eigenvalue weighted by Gasteiger charge is 2.18.